The second-order valence-corrected chi connectivity index (χ2v) is 7.63. The molecular weight excluding hydrogens is 403 g/mol. The van der Waals surface area contributed by atoms with Gasteiger partial charge in [-0.2, -0.15) is 13.2 Å². The number of benzene rings is 2. The highest BCUT2D eigenvalue weighted by molar-refractivity contribution is 7.89. The number of primary sulfonamides is 1. The first-order chi connectivity index (χ1) is 12.5. The highest BCUT2D eigenvalue weighted by Gasteiger charge is 2.41. The van der Waals surface area contributed by atoms with E-state index in [0.717, 1.165) is 6.08 Å². The van der Waals surface area contributed by atoms with Crippen molar-refractivity contribution in [3.05, 3.63) is 64.2 Å². The first-order valence-corrected chi connectivity index (χ1v) is 9.36. The second kappa shape index (κ2) is 6.93. The number of fused-ring (bicyclic) bond motifs is 1. The first-order valence-electron chi connectivity index (χ1n) is 7.44. The van der Waals surface area contributed by atoms with Crippen LogP contribution in [0.4, 0.5) is 13.2 Å². The summed E-state index contributed by atoms with van der Waals surface area (Å²) in [5.74, 6) is 5.44. The fraction of sp³-hybridized carbons (Fsp3) is 0.111. The van der Waals surface area contributed by atoms with Gasteiger partial charge >= 0.3 is 6.18 Å². The van der Waals surface area contributed by atoms with E-state index in [-0.39, 0.29) is 16.2 Å². The summed E-state index contributed by atoms with van der Waals surface area (Å²) in [6, 6.07) is 8.31. The van der Waals surface area contributed by atoms with E-state index < -0.39 is 22.3 Å². The molecule has 0 saturated carbocycles. The van der Waals surface area contributed by atoms with E-state index in [4.69, 9.17) is 21.5 Å². The molecule has 2 aromatic carbocycles. The number of ether oxygens (including phenoxy) is 1. The molecule has 0 fully saturated rings. The predicted octanol–water partition coefficient (Wildman–Crippen LogP) is 3.72. The van der Waals surface area contributed by atoms with Crippen LogP contribution in [0.2, 0.25) is 5.02 Å². The van der Waals surface area contributed by atoms with Crippen molar-refractivity contribution in [3.8, 4) is 17.6 Å². The Balaban J connectivity index is 1.97. The van der Waals surface area contributed by atoms with E-state index >= 15 is 0 Å². The molecule has 1 aliphatic rings. The van der Waals surface area contributed by atoms with Gasteiger partial charge in [-0.05, 0) is 42.5 Å². The second-order valence-electron chi connectivity index (χ2n) is 5.63. The van der Waals surface area contributed by atoms with E-state index in [1.54, 1.807) is 0 Å². The molecule has 4 nitrogen and oxygen atoms in total. The summed E-state index contributed by atoms with van der Waals surface area (Å²) in [5, 5.41) is 5.31. The fourth-order valence-electron chi connectivity index (χ4n) is 2.36. The van der Waals surface area contributed by atoms with Crippen molar-refractivity contribution in [1.29, 1.82) is 0 Å². The van der Waals surface area contributed by atoms with Crippen LogP contribution in [0.15, 0.2) is 47.4 Å². The maximum atomic E-state index is 12.9. The van der Waals surface area contributed by atoms with Crippen LogP contribution in [-0.4, -0.2) is 20.7 Å². The standard InChI is InChI=1S/C18H11ClF3NO3S/c19-14-9-12(4-1-11-2-6-15(7-3-11)27(23,24)25)17-13(10-14)5-8-16(26-17)18(20,21)22/h2-3,5-10,16H,(H2,23,24,25). The number of halogens is 4. The molecule has 0 amide bonds. The Bertz CT molecular complexity index is 1080. The summed E-state index contributed by atoms with van der Waals surface area (Å²) in [4.78, 5) is -0.0744. The number of hydrogen-bond donors (Lipinski definition) is 1. The summed E-state index contributed by atoms with van der Waals surface area (Å²) < 4.78 is 66.4. The van der Waals surface area contributed by atoms with Gasteiger partial charge in [0.2, 0.25) is 16.1 Å². The maximum absolute atomic E-state index is 12.9. The lowest BCUT2D eigenvalue weighted by Gasteiger charge is -2.24. The molecule has 0 saturated heterocycles. The highest BCUT2D eigenvalue weighted by atomic mass is 35.5. The minimum absolute atomic E-state index is 0.0159. The van der Waals surface area contributed by atoms with Gasteiger partial charge in [0.15, 0.2) is 0 Å². The smallest absolute Gasteiger partial charge is 0.429 e. The lowest BCUT2D eigenvalue weighted by Crippen LogP contribution is -2.34. The third-order valence-corrected chi connectivity index (χ3v) is 4.77. The van der Waals surface area contributed by atoms with Crippen LogP contribution in [0, 0.1) is 11.8 Å². The van der Waals surface area contributed by atoms with Crippen molar-refractivity contribution in [2.75, 3.05) is 0 Å². The topological polar surface area (TPSA) is 69.4 Å². The molecule has 140 valence electrons. The van der Waals surface area contributed by atoms with E-state index in [1.807, 2.05) is 0 Å². The zero-order valence-electron chi connectivity index (χ0n) is 13.4. The minimum atomic E-state index is -4.55. The van der Waals surface area contributed by atoms with Gasteiger partial charge in [-0.25, -0.2) is 13.6 Å². The third-order valence-electron chi connectivity index (χ3n) is 3.62. The quantitative estimate of drug-likeness (QED) is 0.724. The van der Waals surface area contributed by atoms with Crippen molar-refractivity contribution in [2.24, 2.45) is 5.14 Å². The molecule has 27 heavy (non-hydrogen) atoms. The van der Waals surface area contributed by atoms with Crippen LogP contribution in [0.1, 0.15) is 16.7 Å². The number of rotatable bonds is 1. The van der Waals surface area contributed by atoms with Gasteiger partial charge in [0.05, 0.1) is 10.5 Å². The van der Waals surface area contributed by atoms with Gasteiger partial charge in [-0.3, -0.25) is 0 Å². The van der Waals surface area contributed by atoms with Crippen LogP contribution < -0.4 is 9.88 Å². The van der Waals surface area contributed by atoms with E-state index in [9.17, 15) is 21.6 Å². The zero-order chi connectivity index (χ0) is 19.8. The van der Waals surface area contributed by atoms with Gasteiger partial charge in [0, 0.05) is 16.1 Å². The van der Waals surface area contributed by atoms with Crippen molar-refractivity contribution in [3.63, 3.8) is 0 Å². The van der Waals surface area contributed by atoms with Gasteiger partial charge < -0.3 is 4.74 Å². The molecule has 0 aromatic heterocycles. The molecular formula is C18H11ClF3NO3S. The molecule has 1 unspecified atom stereocenters. The van der Waals surface area contributed by atoms with Crippen molar-refractivity contribution < 1.29 is 26.3 Å². The average molecular weight is 414 g/mol. The molecule has 2 aromatic rings. The lowest BCUT2D eigenvalue weighted by atomic mass is 10.0. The minimum Gasteiger partial charge on any atom is -0.475 e. The van der Waals surface area contributed by atoms with Gasteiger partial charge in [-0.1, -0.05) is 29.5 Å². The van der Waals surface area contributed by atoms with Crippen molar-refractivity contribution in [2.45, 2.75) is 17.2 Å². The Morgan fingerprint density at radius 1 is 1.11 bits per heavy atom. The Labute approximate surface area is 158 Å². The van der Waals surface area contributed by atoms with Crippen LogP contribution in [-0.2, 0) is 10.0 Å². The predicted molar refractivity (Wildman–Crippen MR) is 94.8 cm³/mol. The van der Waals surface area contributed by atoms with Gasteiger partial charge in [0.25, 0.3) is 0 Å². The number of sulfonamides is 1. The SMILES string of the molecule is NS(=O)(=O)c1ccc(C#Cc2cc(Cl)cc3c2OC(C(F)(F)F)C=C3)cc1. The highest BCUT2D eigenvalue weighted by Crippen LogP contribution is 2.37. The molecule has 1 aliphatic heterocycles. The van der Waals surface area contributed by atoms with Crippen LogP contribution >= 0.6 is 11.6 Å². The lowest BCUT2D eigenvalue weighted by molar-refractivity contribution is -0.180. The van der Waals surface area contributed by atoms with Crippen LogP contribution in [0.3, 0.4) is 0 Å². The van der Waals surface area contributed by atoms with E-state index in [1.165, 1.54) is 42.5 Å². The zero-order valence-corrected chi connectivity index (χ0v) is 15.0. The third kappa shape index (κ3) is 4.45. The molecule has 9 heteroatoms. The normalized spacial score (nSPS) is 16.1. The van der Waals surface area contributed by atoms with Crippen molar-refractivity contribution in [1.82, 2.24) is 0 Å². The summed E-state index contributed by atoms with van der Waals surface area (Å²) in [6.07, 6.45) is -4.43. The van der Waals surface area contributed by atoms with E-state index in [2.05, 4.69) is 11.8 Å². The first kappa shape index (κ1) is 19.3. The maximum Gasteiger partial charge on any atom is 0.429 e. The fourth-order valence-corrected chi connectivity index (χ4v) is 3.11. The Hall–Kier alpha value is -2.47. The molecule has 3 rings (SSSR count). The summed E-state index contributed by atoms with van der Waals surface area (Å²) >= 11 is 6.00. The molecule has 0 radical (unpaired) electrons. The molecule has 1 heterocycles. The van der Waals surface area contributed by atoms with E-state index in [0.29, 0.717) is 16.1 Å². The Morgan fingerprint density at radius 2 is 1.78 bits per heavy atom. The average Bonchev–Trinajstić information content (AvgIpc) is 2.58. The number of nitrogens with two attached hydrogens (primary N) is 1. The monoisotopic (exact) mass is 413 g/mol. The van der Waals surface area contributed by atoms with Crippen LogP contribution in [0.25, 0.3) is 6.08 Å². The van der Waals surface area contributed by atoms with Crippen molar-refractivity contribution >= 4 is 27.7 Å². The summed E-state index contributed by atoms with van der Waals surface area (Å²) in [5.41, 5.74) is 1.01. The molecule has 0 spiro atoms. The summed E-state index contributed by atoms with van der Waals surface area (Å²) in [7, 11) is -3.82. The molecule has 2 N–H and O–H groups in total. The van der Waals surface area contributed by atoms with Gasteiger partial charge in [0.1, 0.15) is 5.75 Å². The largest absolute Gasteiger partial charge is 0.475 e. The number of alkyl halides is 3. The van der Waals surface area contributed by atoms with Crippen LogP contribution in [0.5, 0.6) is 5.75 Å². The molecule has 0 aliphatic carbocycles. The van der Waals surface area contributed by atoms with Gasteiger partial charge in [-0.15, -0.1) is 0 Å². The molecule has 1 atom stereocenters. The number of hydrogen-bond acceptors (Lipinski definition) is 3. The Morgan fingerprint density at radius 3 is 2.37 bits per heavy atom. The summed E-state index contributed by atoms with van der Waals surface area (Å²) in [6.45, 7) is 0. The Kier molecular flexibility index (Phi) is 4.95. The molecule has 0 bridgehead atoms.